The normalized spacial score (nSPS) is 17.5. The van der Waals surface area contributed by atoms with Crippen LogP contribution in [0.25, 0.3) is 0 Å². The number of imidazole rings is 1. The minimum Gasteiger partial charge on any atom is -0.453 e. The van der Waals surface area contributed by atoms with E-state index < -0.39 is 29.2 Å². The number of fused-ring (bicyclic) bond motifs is 3. The van der Waals surface area contributed by atoms with Crippen LogP contribution in [0.15, 0.2) is 42.6 Å². The molecule has 2 aromatic carbocycles. The first kappa shape index (κ1) is 61.0. The Morgan fingerprint density at radius 3 is 1.92 bits per heavy atom. The molecule has 2 bridgehead atoms. The Labute approximate surface area is 457 Å². The highest BCUT2D eigenvalue weighted by Crippen LogP contribution is 2.43. The fraction of sp³-hybridized carbons (Fsp3) is 0.630. The zero-order valence-corrected chi connectivity index (χ0v) is 45.1. The number of nitrogens with one attached hydrogen (secondary N) is 1. The van der Waals surface area contributed by atoms with Crippen molar-refractivity contribution in [2.75, 3.05) is 119 Å². The molecule has 0 saturated carbocycles. The van der Waals surface area contributed by atoms with Crippen molar-refractivity contribution in [2.24, 2.45) is 0 Å². The highest BCUT2D eigenvalue weighted by Gasteiger charge is 2.43. The standard InChI is InChI=1S/C54H74F4N8O13/c1-38-59-49-36-63(54(69)70-2)12-9-50(49)66(38)45-33-43-6-7-44(34-45)65(43)13-8-48(39-4-3-5-40(55)30-39)60-51(67)10-15-71-18-21-74-26-27-77-28-29-78-37-42-35-64(62-61-42)14-17-73-20-23-76-25-24-75-22-19-72-16-11-52(68)79-53-46(57)31-41(56)32-47(53)58/h3-5,30-32,35,43-45,48H,6-29,33-34,36-37H2,1-2H3,(H,60,67)/t43?,44?,45?,48-/m0/s1. The van der Waals surface area contributed by atoms with E-state index in [0.717, 1.165) is 55.7 Å². The lowest BCUT2D eigenvalue weighted by atomic mass is 9.94. The van der Waals surface area contributed by atoms with Crippen LogP contribution in [0.4, 0.5) is 22.4 Å². The van der Waals surface area contributed by atoms with Crippen molar-refractivity contribution in [3.05, 3.63) is 94.3 Å². The molecular formula is C54H74F4N8O13. The van der Waals surface area contributed by atoms with Gasteiger partial charge < -0.3 is 62.2 Å². The molecule has 25 heteroatoms. The van der Waals surface area contributed by atoms with Crippen LogP contribution in [0.3, 0.4) is 0 Å². The van der Waals surface area contributed by atoms with Gasteiger partial charge in [-0.3, -0.25) is 14.5 Å². The van der Waals surface area contributed by atoms with E-state index in [9.17, 15) is 31.9 Å². The summed E-state index contributed by atoms with van der Waals surface area (Å²) in [6.07, 6.45) is 7.02. The fourth-order valence-electron chi connectivity index (χ4n) is 10.1. The zero-order valence-electron chi connectivity index (χ0n) is 45.1. The number of nitrogens with zero attached hydrogens (tertiary/aromatic N) is 7. The monoisotopic (exact) mass is 1120 g/mol. The van der Waals surface area contributed by atoms with Gasteiger partial charge in [-0.25, -0.2) is 32.0 Å². The maximum atomic E-state index is 14.4. The average molecular weight is 1120 g/mol. The number of rotatable bonds is 36. The first-order chi connectivity index (χ1) is 38.4. The molecule has 0 radical (unpaired) electrons. The molecule has 3 aliphatic rings. The highest BCUT2D eigenvalue weighted by atomic mass is 19.1. The van der Waals surface area contributed by atoms with Crippen molar-refractivity contribution < 1.29 is 79.3 Å². The van der Waals surface area contributed by atoms with Crippen LogP contribution in [-0.4, -0.2) is 184 Å². The van der Waals surface area contributed by atoms with Crippen molar-refractivity contribution in [3.63, 3.8) is 0 Å². The summed E-state index contributed by atoms with van der Waals surface area (Å²) >= 11 is 0. The summed E-state index contributed by atoms with van der Waals surface area (Å²) in [5.41, 5.74) is 3.60. The Balaban J connectivity index is 0.647. The number of benzene rings is 2. The molecule has 0 aliphatic carbocycles. The maximum Gasteiger partial charge on any atom is 0.409 e. The quantitative estimate of drug-likeness (QED) is 0.0254. The predicted molar refractivity (Wildman–Crippen MR) is 274 cm³/mol. The first-order valence-electron chi connectivity index (χ1n) is 27.0. The molecule has 436 valence electrons. The average Bonchev–Trinajstić information content (AvgIpc) is 4.26. The van der Waals surface area contributed by atoms with E-state index in [1.165, 1.54) is 24.9 Å². The molecule has 79 heavy (non-hydrogen) atoms. The Morgan fingerprint density at radius 1 is 0.709 bits per heavy atom. The number of amides is 2. The molecule has 0 spiro atoms. The lowest BCUT2D eigenvalue weighted by Gasteiger charge is -2.41. The van der Waals surface area contributed by atoms with Gasteiger partial charge in [-0.05, 0) is 56.7 Å². The van der Waals surface area contributed by atoms with E-state index in [1.54, 1.807) is 21.8 Å². The molecule has 3 aliphatic heterocycles. The fourth-order valence-corrected chi connectivity index (χ4v) is 10.1. The highest BCUT2D eigenvalue weighted by molar-refractivity contribution is 5.76. The van der Waals surface area contributed by atoms with Crippen molar-refractivity contribution in [1.82, 2.24) is 39.7 Å². The number of ether oxygens (including phenoxy) is 10. The summed E-state index contributed by atoms with van der Waals surface area (Å²) in [6, 6.07) is 8.10. The second-order valence-corrected chi connectivity index (χ2v) is 19.3. The third-order valence-corrected chi connectivity index (χ3v) is 13.8. The Kier molecular flexibility index (Phi) is 25.1. The first-order valence-corrected chi connectivity index (χ1v) is 27.0. The second kappa shape index (κ2) is 32.6. The smallest absolute Gasteiger partial charge is 0.409 e. The molecular weight excluding hydrogens is 1040 g/mol. The largest absolute Gasteiger partial charge is 0.453 e. The molecule has 4 aromatic rings. The molecule has 2 saturated heterocycles. The van der Waals surface area contributed by atoms with Crippen molar-refractivity contribution >= 4 is 18.0 Å². The van der Waals surface area contributed by atoms with Crippen LogP contribution in [0.1, 0.15) is 85.5 Å². The zero-order chi connectivity index (χ0) is 55.8. The van der Waals surface area contributed by atoms with Crippen LogP contribution < -0.4 is 10.1 Å². The van der Waals surface area contributed by atoms with Gasteiger partial charge in [-0.2, -0.15) is 0 Å². The number of aromatic nitrogens is 5. The lowest BCUT2D eigenvalue weighted by molar-refractivity contribution is -0.136. The Hall–Kier alpha value is -5.64. The van der Waals surface area contributed by atoms with Gasteiger partial charge in [-0.1, -0.05) is 17.3 Å². The van der Waals surface area contributed by atoms with Gasteiger partial charge in [0.1, 0.15) is 23.2 Å². The third kappa shape index (κ3) is 19.6. The van der Waals surface area contributed by atoms with E-state index in [0.29, 0.717) is 135 Å². The topological polar surface area (TPSA) is 211 Å². The summed E-state index contributed by atoms with van der Waals surface area (Å²) in [7, 11) is 1.41. The van der Waals surface area contributed by atoms with Crippen LogP contribution in [-0.2, 0) is 78.3 Å². The third-order valence-electron chi connectivity index (χ3n) is 13.8. The van der Waals surface area contributed by atoms with Gasteiger partial charge in [0.05, 0.1) is 150 Å². The number of methoxy groups -OCH3 is 1. The molecule has 2 aromatic heterocycles. The van der Waals surface area contributed by atoms with Gasteiger partial charge in [0.25, 0.3) is 0 Å². The van der Waals surface area contributed by atoms with Crippen LogP contribution in [0.5, 0.6) is 5.75 Å². The molecule has 1 N–H and O–H groups in total. The summed E-state index contributed by atoms with van der Waals surface area (Å²) in [6.45, 7) is 9.25. The number of hydrogen-bond donors (Lipinski definition) is 1. The molecule has 3 atom stereocenters. The Morgan fingerprint density at radius 2 is 1.30 bits per heavy atom. The number of piperidine rings is 1. The summed E-state index contributed by atoms with van der Waals surface area (Å²) in [4.78, 5) is 46.3. The van der Waals surface area contributed by atoms with E-state index in [-0.39, 0.29) is 69.7 Å². The SMILES string of the molecule is COC(=O)N1CCc2c(nc(C)n2C2CC3CCC(C2)N3CC[C@H](NC(=O)CCOCCOCCOCCOCc2cn(CCOCCOCCOCCOCCC(=O)Oc3c(F)cc(F)cc3F)nn2)c2cccc(F)c2)C1. The van der Waals surface area contributed by atoms with E-state index in [1.807, 2.05) is 6.07 Å². The number of hydrogen-bond acceptors (Lipinski definition) is 17. The molecule has 2 fully saturated rings. The number of aryl methyl sites for hydroxylation is 1. The molecule has 2 unspecified atom stereocenters. The van der Waals surface area contributed by atoms with Crippen LogP contribution in [0, 0.1) is 30.2 Å². The van der Waals surface area contributed by atoms with E-state index in [4.69, 9.17) is 47.6 Å². The van der Waals surface area contributed by atoms with Gasteiger partial charge >= 0.3 is 12.1 Å². The van der Waals surface area contributed by atoms with E-state index >= 15 is 0 Å². The van der Waals surface area contributed by atoms with Crippen LogP contribution >= 0.6 is 0 Å². The van der Waals surface area contributed by atoms with Gasteiger partial charge in [0.15, 0.2) is 11.6 Å². The summed E-state index contributed by atoms with van der Waals surface area (Å²) in [5.74, 6) is -5.13. The second-order valence-electron chi connectivity index (χ2n) is 19.3. The predicted octanol–water partition coefficient (Wildman–Crippen LogP) is 5.60. The number of halogens is 4. The van der Waals surface area contributed by atoms with Crippen molar-refractivity contribution in [1.29, 1.82) is 0 Å². The van der Waals surface area contributed by atoms with E-state index in [2.05, 4.69) is 36.8 Å². The minimum absolute atomic E-state index is 0.0543. The van der Waals surface area contributed by atoms with Crippen molar-refractivity contribution in [2.45, 2.75) is 102 Å². The molecule has 2 amide bonds. The van der Waals surface area contributed by atoms with Gasteiger partial charge in [0.2, 0.25) is 11.7 Å². The van der Waals surface area contributed by atoms with Crippen LogP contribution in [0.2, 0.25) is 0 Å². The van der Waals surface area contributed by atoms with Gasteiger partial charge in [-0.15, -0.1) is 5.10 Å². The molecule has 5 heterocycles. The number of esters is 1. The minimum atomic E-state index is -1.31. The molecule has 7 rings (SSSR count). The van der Waals surface area contributed by atoms with Crippen molar-refractivity contribution in [3.8, 4) is 5.75 Å². The number of carbonyl (C=O) groups excluding carboxylic acids is 3. The Bertz CT molecular complexity index is 2490. The summed E-state index contributed by atoms with van der Waals surface area (Å²) in [5, 5.41) is 11.4. The number of carbonyl (C=O) groups is 3. The lowest BCUT2D eigenvalue weighted by Crippen LogP contribution is -2.45. The maximum absolute atomic E-state index is 14.4. The molecule has 21 nitrogen and oxygen atoms in total. The summed E-state index contributed by atoms with van der Waals surface area (Å²) < 4.78 is 113. The van der Waals surface area contributed by atoms with Gasteiger partial charge in [0, 0.05) is 61.9 Å².